The Bertz CT molecular complexity index is 462. The number of nitrogens with one attached hydrogen (secondary N) is 1. The average molecular weight is 288 g/mol. The molecule has 3 atom stereocenters. The second-order valence-electron chi connectivity index (χ2n) is 6.42. The highest BCUT2D eigenvalue weighted by atomic mass is 16.5. The van der Waals surface area contributed by atoms with Crippen molar-refractivity contribution in [3.63, 3.8) is 0 Å². The molecule has 1 heterocycles. The van der Waals surface area contributed by atoms with E-state index in [0.717, 1.165) is 6.54 Å². The summed E-state index contributed by atoms with van der Waals surface area (Å²) < 4.78 is 5.62. The number of methoxy groups -OCH3 is 1. The van der Waals surface area contributed by atoms with Gasteiger partial charge in [-0.3, -0.25) is 4.90 Å². The Balaban J connectivity index is 1.84. The van der Waals surface area contributed by atoms with Gasteiger partial charge in [0, 0.05) is 25.7 Å². The summed E-state index contributed by atoms with van der Waals surface area (Å²) in [5.74, 6) is 0. The molecule has 0 saturated carbocycles. The van der Waals surface area contributed by atoms with Crippen LogP contribution in [0.15, 0.2) is 24.3 Å². The number of rotatable bonds is 3. The van der Waals surface area contributed by atoms with Gasteiger partial charge in [0.25, 0.3) is 0 Å². The highest BCUT2D eigenvalue weighted by Gasteiger charge is 2.33. The van der Waals surface area contributed by atoms with Gasteiger partial charge in [-0.15, -0.1) is 0 Å². The molecule has 1 aliphatic carbocycles. The summed E-state index contributed by atoms with van der Waals surface area (Å²) in [5, 5.41) is 3.60. The van der Waals surface area contributed by atoms with Gasteiger partial charge in [0.2, 0.25) is 0 Å². The molecule has 2 aliphatic rings. The molecular weight excluding hydrogens is 260 g/mol. The van der Waals surface area contributed by atoms with Crippen molar-refractivity contribution < 1.29 is 4.74 Å². The molecule has 0 amide bonds. The lowest BCUT2D eigenvalue weighted by atomic mass is 9.93. The van der Waals surface area contributed by atoms with Gasteiger partial charge in [0.1, 0.15) is 0 Å². The molecule has 3 rings (SSSR count). The molecule has 3 nitrogen and oxygen atoms in total. The number of piperidine rings is 1. The zero-order valence-electron chi connectivity index (χ0n) is 13.3. The third-order valence-corrected chi connectivity index (χ3v) is 5.24. The zero-order chi connectivity index (χ0) is 14.7. The van der Waals surface area contributed by atoms with E-state index in [2.05, 4.69) is 41.5 Å². The van der Waals surface area contributed by atoms with Gasteiger partial charge in [-0.2, -0.15) is 0 Å². The number of benzene rings is 1. The maximum Gasteiger partial charge on any atom is 0.0698 e. The molecule has 116 valence electrons. The smallest absolute Gasteiger partial charge is 0.0698 e. The number of likely N-dealkylation sites (N-methyl/N-ethyl adjacent to an activating group) is 1. The Labute approximate surface area is 128 Å². The van der Waals surface area contributed by atoms with Crippen molar-refractivity contribution in [2.24, 2.45) is 0 Å². The fourth-order valence-electron chi connectivity index (χ4n) is 4.14. The lowest BCUT2D eigenvalue weighted by Gasteiger charge is -2.41. The van der Waals surface area contributed by atoms with Crippen molar-refractivity contribution in [2.45, 2.75) is 50.3 Å². The first-order valence-electron chi connectivity index (χ1n) is 8.35. The van der Waals surface area contributed by atoms with Crippen molar-refractivity contribution in [1.82, 2.24) is 10.2 Å². The van der Waals surface area contributed by atoms with Crippen LogP contribution in [0.5, 0.6) is 0 Å². The second-order valence-corrected chi connectivity index (χ2v) is 6.42. The van der Waals surface area contributed by atoms with Gasteiger partial charge in [-0.25, -0.2) is 0 Å². The first-order valence-corrected chi connectivity index (χ1v) is 8.35. The van der Waals surface area contributed by atoms with E-state index < -0.39 is 0 Å². The van der Waals surface area contributed by atoms with Crippen LogP contribution in [0.1, 0.15) is 42.9 Å². The summed E-state index contributed by atoms with van der Waals surface area (Å²) in [6, 6.07) is 10.0. The number of hydrogen-bond acceptors (Lipinski definition) is 3. The predicted octanol–water partition coefficient (Wildman–Crippen LogP) is 2.76. The highest BCUT2D eigenvalue weighted by Crippen LogP contribution is 2.33. The number of aryl methyl sites for hydroxylation is 1. The molecule has 1 aliphatic heterocycles. The van der Waals surface area contributed by atoms with Gasteiger partial charge in [-0.1, -0.05) is 24.3 Å². The Kier molecular flexibility index (Phi) is 4.94. The average Bonchev–Trinajstić information content (AvgIpc) is 2.73. The number of nitrogens with zero attached hydrogens (tertiary/aromatic N) is 1. The van der Waals surface area contributed by atoms with Crippen LogP contribution in [0.2, 0.25) is 0 Å². The molecular formula is C18H28N2O. The molecule has 1 fully saturated rings. The van der Waals surface area contributed by atoms with E-state index in [0.29, 0.717) is 18.2 Å². The molecule has 1 aromatic rings. The maximum absolute atomic E-state index is 5.62. The predicted molar refractivity (Wildman–Crippen MR) is 86.6 cm³/mol. The molecule has 3 unspecified atom stereocenters. The van der Waals surface area contributed by atoms with E-state index in [9.17, 15) is 0 Å². The highest BCUT2D eigenvalue weighted by molar-refractivity contribution is 5.32. The monoisotopic (exact) mass is 288 g/mol. The van der Waals surface area contributed by atoms with Crippen LogP contribution < -0.4 is 5.32 Å². The molecule has 1 saturated heterocycles. The largest absolute Gasteiger partial charge is 0.380 e. The van der Waals surface area contributed by atoms with Crippen molar-refractivity contribution in [3.05, 3.63) is 35.4 Å². The Hall–Kier alpha value is -0.900. The number of hydrogen-bond donors (Lipinski definition) is 1. The standard InChI is InChI=1S/C18H28N2O/c1-19-18-16-10-4-3-7-14(16)8-5-11-17(18)20-12-6-9-15(13-20)21-2/h3-4,7,10,15,17-19H,5-6,8-9,11-13H2,1-2H3. The van der Waals surface area contributed by atoms with Crippen LogP contribution in [-0.2, 0) is 11.2 Å². The minimum absolute atomic E-state index is 0.412. The Morgan fingerprint density at radius 1 is 1.19 bits per heavy atom. The van der Waals surface area contributed by atoms with Crippen LogP contribution >= 0.6 is 0 Å². The molecule has 1 aromatic carbocycles. The maximum atomic E-state index is 5.62. The van der Waals surface area contributed by atoms with E-state index in [-0.39, 0.29) is 0 Å². The van der Waals surface area contributed by atoms with E-state index in [4.69, 9.17) is 4.74 Å². The molecule has 0 spiro atoms. The van der Waals surface area contributed by atoms with Crippen LogP contribution in [0.25, 0.3) is 0 Å². The minimum Gasteiger partial charge on any atom is -0.380 e. The first-order chi connectivity index (χ1) is 10.3. The van der Waals surface area contributed by atoms with E-state index in [1.807, 2.05) is 7.11 Å². The minimum atomic E-state index is 0.412. The summed E-state index contributed by atoms with van der Waals surface area (Å²) in [7, 11) is 3.96. The summed E-state index contributed by atoms with van der Waals surface area (Å²) in [5.41, 5.74) is 3.03. The zero-order valence-corrected chi connectivity index (χ0v) is 13.3. The summed E-state index contributed by atoms with van der Waals surface area (Å²) >= 11 is 0. The van der Waals surface area contributed by atoms with Crippen LogP contribution in [0.3, 0.4) is 0 Å². The number of fused-ring (bicyclic) bond motifs is 1. The van der Waals surface area contributed by atoms with Gasteiger partial charge < -0.3 is 10.1 Å². The van der Waals surface area contributed by atoms with E-state index in [1.165, 1.54) is 49.8 Å². The summed E-state index contributed by atoms with van der Waals surface area (Å²) in [4.78, 5) is 2.67. The third kappa shape index (κ3) is 3.15. The second kappa shape index (κ2) is 6.91. The molecule has 0 radical (unpaired) electrons. The van der Waals surface area contributed by atoms with E-state index >= 15 is 0 Å². The van der Waals surface area contributed by atoms with E-state index in [1.54, 1.807) is 0 Å². The van der Waals surface area contributed by atoms with Crippen molar-refractivity contribution in [1.29, 1.82) is 0 Å². The lowest BCUT2D eigenvalue weighted by molar-refractivity contribution is 0.00590. The summed E-state index contributed by atoms with van der Waals surface area (Å²) in [6.45, 7) is 2.30. The quantitative estimate of drug-likeness (QED) is 0.866. The van der Waals surface area contributed by atoms with Crippen molar-refractivity contribution >= 4 is 0 Å². The molecule has 0 bridgehead atoms. The molecule has 1 N–H and O–H groups in total. The van der Waals surface area contributed by atoms with Crippen molar-refractivity contribution in [3.8, 4) is 0 Å². The van der Waals surface area contributed by atoms with Gasteiger partial charge in [0.05, 0.1) is 6.10 Å². The Morgan fingerprint density at radius 3 is 2.86 bits per heavy atom. The van der Waals surface area contributed by atoms with Crippen molar-refractivity contribution in [2.75, 3.05) is 27.2 Å². The first kappa shape index (κ1) is 15.0. The number of likely N-dealkylation sites (tertiary alicyclic amines) is 1. The van der Waals surface area contributed by atoms with Gasteiger partial charge in [0.15, 0.2) is 0 Å². The van der Waals surface area contributed by atoms with Gasteiger partial charge >= 0.3 is 0 Å². The normalized spacial score (nSPS) is 30.7. The van der Waals surface area contributed by atoms with Crippen LogP contribution in [-0.4, -0.2) is 44.3 Å². The summed E-state index contributed by atoms with van der Waals surface area (Å²) in [6.07, 6.45) is 6.65. The molecule has 21 heavy (non-hydrogen) atoms. The molecule has 3 heteroatoms. The fourth-order valence-corrected chi connectivity index (χ4v) is 4.14. The number of ether oxygens (including phenoxy) is 1. The SMILES string of the molecule is CNC1c2ccccc2CCCC1N1CCCC(OC)C1. The van der Waals surface area contributed by atoms with Crippen LogP contribution in [0.4, 0.5) is 0 Å². The van der Waals surface area contributed by atoms with Gasteiger partial charge in [-0.05, 0) is 56.8 Å². The fraction of sp³-hybridized carbons (Fsp3) is 0.667. The Morgan fingerprint density at radius 2 is 2.05 bits per heavy atom. The third-order valence-electron chi connectivity index (χ3n) is 5.24. The van der Waals surface area contributed by atoms with Crippen LogP contribution in [0, 0.1) is 0 Å². The topological polar surface area (TPSA) is 24.5 Å². The lowest BCUT2D eigenvalue weighted by Crippen LogP contribution is -2.49. The molecule has 0 aromatic heterocycles.